The average molecular weight is 341 g/mol. The van der Waals surface area contributed by atoms with E-state index in [0.717, 1.165) is 25.8 Å². The van der Waals surface area contributed by atoms with Gasteiger partial charge in [0.25, 0.3) is 0 Å². The molecule has 0 saturated carbocycles. The van der Waals surface area contributed by atoms with E-state index in [-0.39, 0.29) is 18.0 Å². The van der Waals surface area contributed by atoms with Gasteiger partial charge >= 0.3 is 0 Å². The smallest absolute Gasteiger partial charge is 0.240 e. The van der Waals surface area contributed by atoms with E-state index in [2.05, 4.69) is 37.4 Å². The van der Waals surface area contributed by atoms with E-state index in [1.165, 1.54) is 22.3 Å². The molecule has 0 aliphatic carbocycles. The minimum atomic E-state index is -0.245. The van der Waals surface area contributed by atoms with Gasteiger partial charge in [-0.25, -0.2) is 0 Å². The second-order valence-electron chi connectivity index (χ2n) is 7.29. The zero-order valence-electron chi connectivity index (χ0n) is 15.3. The summed E-state index contributed by atoms with van der Waals surface area (Å²) in [5, 5.41) is 12.6. The molecule has 2 fully saturated rings. The molecule has 2 heterocycles. The van der Waals surface area contributed by atoms with E-state index in [0.29, 0.717) is 19.1 Å². The number of hydrogen-bond acceptors (Lipinski definition) is 4. The Morgan fingerprint density at radius 1 is 1.40 bits per heavy atom. The number of aryl methyl sites for hydroxylation is 2. The molecule has 3 atom stereocenters. The quantitative estimate of drug-likeness (QED) is 0.913. The summed E-state index contributed by atoms with van der Waals surface area (Å²) in [6.07, 6.45) is 2.54. The maximum Gasteiger partial charge on any atom is 0.240 e. The molecule has 0 unspecified atom stereocenters. The summed E-state index contributed by atoms with van der Waals surface area (Å²) in [7, 11) is 1.71. The van der Waals surface area contributed by atoms with Gasteiger partial charge in [0.1, 0.15) is 6.04 Å². The summed E-state index contributed by atoms with van der Waals surface area (Å²) in [6.45, 7) is 6.43. The fourth-order valence-corrected chi connectivity index (χ4v) is 4.47. The molecule has 1 amide bonds. The molecule has 1 aromatic carbocycles. The Bertz CT molecular complexity index is 672. The van der Waals surface area contributed by atoms with Gasteiger partial charge < -0.3 is 15.0 Å². The van der Waals surface area contributed by atoms with Crippen LogP contribution in [-0.4, -0.2) is 43.1 Å². The van der Waals surface area contributed by atoms with Crippen molar-refractivity contribution in [2.24, 2.45) is 0 Å². The fraction of sp³-hybridized carbons (Fsp3) is 0.600. The van der Waals surface area contributed by atoms with Gasteiger partial charge in [-0.3, -0.25) is 4.79 Å². The van der Waals surface area contributed by atoms with Crippen LogP contribution in [0.15, 0.2) is 12.1 Å². The Morgan fingerprint density at radius 2 is 2.12 bits per heavy atom. The molecule has 1 aromatic rings. The molecule has 0 radical (unpaired) electrons. The number of hydrogen-bond donors (Lipinski definition) is 1. The molecule has 0 bridgehead atoms. The van der Waals surface area contributed by atoms with E-state index in [1.807, 2.05) is 0 Å². The lowest BCUT2D eigenvalue weighted by molar-refractivity contribution is -0.133. The van der Waals surface area contributed by atoms with E-state index in [9.17, 15) is 10.1 Å². The topological polar surface area (TPSA) is 65.4 Å². The van der Waals surface area contributed by atoms with Gasteiger partial charge in [-0.05, 0) is 61.3 Å². The van der Waals surface area contributed by atoms with Gasteiger partial charge in [0, 0.05) is 20.2 Å². The highest BCUT2D eigenvalue weighted by Crippen LogP contribution is 2.33. The number of nitrogens with one attached hydrogen (secondary N) is 1. The van der Waals surface area contributed by atoms with Gasteiger partial charge in [-0.1, -0.05) is 12.1 Å². The summed E-state index contributed by atoms with van der Waals surface area (Å²) in [6, 6.07) is 6.22. The summed E-state index contributed by atoms with van der Waals surface area (Å²) < 4.78 is 5.24. The third-order valence-corrected chi connectivity index (χ3v) is 5.49. The first-order valence-electron chi connectivity index (χ1n) is 9.07. The largest absolute Gasteiger partial charge is 0.380 e. The van der Waals surface area contributed by atoms with Crippen LogP contribution in [0.3, 0.4) is 0 Å². The number of nitrogens with zero attached hydrogens (tertiary/aromatic N) is 2. The van der Waals surface area contributed by atoms with Gasteiger partial charge in [0.15, 0.2) is 0 Å². The Hall–Kier alpha value is -1.90. The molecule has 134 valence electrons. The third-order valence-electron chi connectivity index (χ3n) is 5.49. The Morgan fingerprint density at radius 3 is 2.76 bits per heavy atom. The maximum absolute atomic E-state index is 12.8. The molecule has 25 heavy (non-hydrogen) atoms. The zero-order chi connectivity index (χ0) is 18.0. The van der Waals surface area contributed by atoms with Crippen molar-refractivity contribution in [3.05, 3.63) is 34.4 Å². The van der Waals surface area contributed by atoms with Crippen LogP contribution >= 0.6 is 0 Å². The van der Waals surface area contributed by atoms with Crippen molar-refractivity contribution in [1.29, 1.82) is 5.26 Å². The minimum Gasteiger partial charge on any atom is -0.380 e. The fourth-order valence-electron chi connectivity index (χ4n) is 4.47. The summed E-state index contributed by atoms with van der Waals surface area (Å²) >= 11 is 0. The van der Waals surface area contributed by atoms with Gasteiger partial charge in [0.05, 0.1) is 18.7 Å². The van der Waals surface area contributed by atoms with Crippen LogP contribution in [0.2, 0.25) is 0 Å². The van der Waals surface area contributed by atoms with E-state index in [1.54, 1.807) is 12.0 Å². The van der Waals surface area contributed by atoms with E-state index in [4.69, 9.17) is 4.74 Å². The van der Waals surface area contributed by atoms with Crippen LogP contribution in [0.5, 0.6) is 0 Å². The number of nitriles is 1. The number of carbonyl (C=O) groups is 1. The highest BCUT2D eigenvalue weighted by molar-refractivity contribution is 5.83. The molecular formula is C20H27N3O2. The lowest BCUT2D eigenvalue weighted by Gasteiger charge is -2.23. The van der Waals surface area contributed by atoms with Crippen LogP contribution < -0.4 is 5.32 Å². The summed E-state index contributed by atoms with van der Waals surface area (Å²) in [4.78, 5) is 14.6. The first kappa shape index (κ1) is 17.9. The number of ether oxygens (including phenoxy) is 1. The number of methoxy groups -OCH3 is 1. The van der Waals surface area contributed by atoms with Gasteiger partial charge in [-0.2, -0.15) is 5.26 Å². The van der Waals surface area contributed by atoms with Crippen LogP contribution in [-0.2, 0) is 16.1 Å². The molecular weight excluding hydrogens is 314 g/mol. The first-order valence-corrected chi connectivity index (χ1v) is 9.07. The van der Waals surface area contributed by atoms with Crippen molar-refractivity contribution >= 4 is 5.91 Å². The summed E-state index contributed by atoms with van der Waals surface area (Å²) in [5.74, 6) is 0.437. The average Bonchev–Trinajstić information content (AvgIpc) is 3.23. The number of benzene rings is 1. The van der Waals surface area contributed by atoms with Crippen molar-refractivity contribution in [3.63, 3.8) is 0 Å². The first-order chi connectivity index (χ1) is 12.0. The van der Waals surface area contributed by atoms with Crippen molar-refractivity contribution in [3.8, 4) is 6.07 Å². The predicted molar refractivity (Wildman–Crippen MR) is 96.1 cm³/mol. The molecule has 3 rings (SSSR count). The Balaban J connectivity index is 1.73. The second-order valence-corrected chi connectivity index (χ2v) is 7.29. The van der Waals surface area contributed by atoms with Gasteiger partial charge in [-0.15, -0.1) is 0 Å². The standard InChI is InChI=1S/C20H27N3O2/c1-13-7-15(12-25-3)8-14(2)19(13)16-9-18(22-11-16)20(24)23-6-4-5-17(23)10-21/h7-8,16-18,22H,4-6,9,11-12H2,1-3H3/t16-,17-,18-/m0/s1. The number of likely N-dealkylation sites (tertiary alicyclic amines) is 1. The molecule has 1 N–H and O–H groups in total. The van der Waals surface area contributed by atoms with Crippen molar-refractivity contribution in [2.75, 3.05) is 20.2 Å². The highest BCUT2D eigenvalue weighted by Gasteiger charge is 2.38. The monoisotopic (exact) mass is 341 g/mol. The van der Waals surface area contributed by atoms with Crippen LogP contribution in [0, 0.1) is 25.2 Å². The molecule has 0 aromatic heterocycles. The lowest BCUT2D eigenvalue weighted by Crippen LogP contribution is -2.45. The second kappa shape index (κ2) is 7.55. The molecule has 0 spiro atoms. The number of carbonyl (C=O) groups excluding carboxylic acids is 1. The van der Waals surface area contributed by atoms with Crippen LogP contribution in [0.25, 0.3) is 0 Å². The van der Waals surface area contributed by atoms with Crippen LogP contribution in [0.1, 0.15) is 47.4 Å². The van der Waals surface area contributed by atoms with E-state index < -0.39 is 0 Å². The Labute approximate surface area is 150 Å². The molecule has 2 aliphatic heterocycles. The Kier molecular flexibility index (Phi) is 5.41. The number of rotatable bonds is 4. The number of amides is 1. The van der Waals surface area contributed by atoms with Crippen molar-refractivity contribution in [2.45, 2.75) is 57.7 Å². The third kappa shape index (κ3) is 3.56. The molecule has 2 aliphatic rings. The van der Waals surface area contributed by atoms with E-state index >= 15 is 0 Å². The molecule has 5 heteroatoms. The predicted octanol–water partition coefficient (Wildman–Crippen LogP) is 2.41. The zero-order valence-corrected chi connectivity index (χ0v) is 15.3. The van der Waals surface area contributed by atoms with Crippen molar-refractivity contribution in [1.82, 2.24) is 10.2 Å². The molecule has 2 saturated heterocycles. The maximum atomic E-state index is 12.8. The van der Waals surface area contributed by atoms with Gasteiger partial charge in [0.2, 0.25) is 5.91 Å². The highest BCUT2D eigenvalue weighted by atomic mass is 16.5. The minimum absolute atomic E-state index is 0.0952. The molecule has 5 nitrogen and oxygen atoms in total. The van der Waals surface area contributed by atoms with Crippen molar-refractivity contribution < 1.29 is 9.53 Å². The van der Waals surface area contributed by atoms with Crippen LogP contribution in [0.4, 0.5) is 0 Å². The lowest BCUT2D eigenvalue weighted by atomic mass is 9.87. The summed E-state index contributed by atoms with van der Waals surface area (Å²) in [5.41, 5.74) is 5.07. The SMILES string of the molecule is COCc1cc(C)c([C@@H]2CN[C@H](C(=O)N3CCC[C@H]3C#N)C2)c(C)c1. The normalized spacial score (nSPS) is 26.0.